The van der Waals surface area contributed by atoms with Crippen molar-refractivity contribution >= 4 is 11.6 Å². The first-order chi connectivity index (χ1) is 10.2. The fourth-order valence-electron chi connectivity index (χ4n) is 1.97. The van der Waals surface area contributed by atoms with E-state index in [-0.39, 0.29) is 11.6 Å². The minimum atomic E-state index is -0.285. The summed E-state index contributed by atoms with van der Waals surface area (Å²) in [5.74, 6) is -0.285. The molecule has 0 saturated carbocycles. The van der Waals surface area contributed by atoms with Crippen molar-refractivity contribution in [3.8, 4) is 11.3 Å². The van der Waals surface area contributed by atoms with Gasteiger partial charge in [0.1, 0.15) is 5.69 Å². The standard InChI is InChI=1S/C15H13N5O/c1-10-14(19-9-18-10)11-2-4-12(5-3-11)20-15(21)13-8-16-6-7-17-13/h2-9H,1H3,(H,18,19)(H,20,21). The van der Waals surface area contributed by atoms with Crippen molar-refractivity contribution < 1.29 is 4.79 Å². The van der Waals surface area contributed by atoms with E-state index in [1.165, 1.54) is 18.6 Å². The molecule has 0 atom stereocenters. The van der Waals surface area contributed by atoms with Crippen molar-refractivity contribution in [2.24, 2.45) is 0 Å². The van der Waals surface area contributed by atoms with Crippen LogP contribution in [0.5, 0.6) is 0 Å². The lowest BCUT2D eigenvalue weighted by molar-refractivity contribution is 0.102. The van der Waals surface area contributed by atoms with Crippen molar-refractivity contribution in [2.45, 2.75) is 6.92 Å². The molecule has 1 amide bonds. The summed E-state index contributed by atoms with van der Waals surface area (Å²) in [6.07, 6.45) is 6.10. The van der Waals surface area contributed by atoms with Gasteiger partial charge in [-0.05, 0) is 19.1 Å². The lowest BCUT2D eigenvalue weighted by atomic mass is 10.1. The Bertz CT molecular complexity index is 749. The first-order valence-electron chi connectivity index (χ1n) is 6.42. The van der Waals surface area contributed by atoms with Gasteiger partial charge in [-0.1, -0.05) is 12.1 Å². The predicted molar refractivity (Wildman–Crippen MR) is 78.7 cm³/mol. The van der Waals surface area contributed by atoms with E-state index in [1.807, 2.05) is 31.2 Å². The third kappa shape index (κ3) is 2.79. The quantitative estimate of drug-likeness (QED) is 0.771. The third-order valence-electron chi connectivity index (χ3n) is 3.04. The van der Waals surface area contributed by atoms with Crippen LogP contribution in [0.2, 0.25) is 0 Å². The smallest absolute Gasteiger partial charge is 0.275 e. The predicted octanol–water partition coefficient (Wildman–Crippen LogP) is 2.43. The van der Waals surface area contributed by atoms with Crippen molar-refractivity contribution in [2.75, 3.05) is 5.32 Å². The zero-order chi connectivity index (χ0) is 14.7. The SMILES string of the molecule is Cc1[nH]cnc1-c1ccc(NC(=O)c2cnccn2)cc1. The molecule has 0 bridgehead atoms. The van der Waals surface area contributed by atoms with E-state index in [9.17, 15) is 4.79 Å². The molecule has 104 valence electrons. The van der Waals surface area contributed by atoms with Crippen LogP contribution in [0.3, 0.4) is 0 Å². The molecule has 2 N–H and O–H groups in total. The van der Waals surface area contributed by atoms with Crippen LogP contribution in [-0.2, 0) is 0 Å². The number of anilines is 1. The van der Waals surface area contributed by atoms with Crippen molar-refractivity contribution in [3.63, 3.8) is 0 Å². The maximum absolute atomic E-state index is 12.0. The number of imidazole rings is 1. The zero-order valence-corrected chi connectivity index (χ0v) is 11.4. The summed E-state index contributed by atoms with van der Waals surface area (Å²) in [6.45, 7) is 1.96. The number of nitrogens with zero attached hydrogens (tertiary/aromatic N) is 3. The molecule has 0 unspecified atom stereocenters. The van der Waals surface area contributed by atoms with Gasteiger partial charge in [0.25, 0.3) is 5.91 Å². The van der Waals surface area contributed by atoms with Gasteiger partial charge in [-0.3, -0.25) is 9.78 Å². The minimum Gasteiger partial charge on any atom is -0.348 e. The van der Waals surface area contributed by atoms with E-state index in [0.29, 0.717) is 5.69 Å². The van der Waals surface area contributed by atoms with Gasteiger partial charge in [0, 0.05) is 29.3 Å². The number of aryl methyl sites for hydroxylation is 1. The summed E-state index contributed by atoms with van der Waals surface area (Å²) >= 11 is 0. The highest BCUT2D eigenvalue weighted by molar-refractivity contribution is 6.02. The number of hydrogen-bond donors (Lipinski definition) is 2. The number of nitrogens with one attached hydrogen (secondary N) is 2. The number of aromatic nitrogens is 4. The first kappa shape index (κ1) is 13.0. The molecule has 6 nitrogen and oxygen atoms in total. The number of hydrogen-bond acceptors (Lipinski definition) is 4. The van der Waals surface area contributed by atoms with Gasteiger partial charge in [-0.2, -0.15) is 0 Å². The van der Waals surface area contributed by atoms with Crippen LogP contribution in [0.15, 0.2) is 49.2 Å². The van der Waals surface area contributed by atoms with Gasteiger partial charge >= 0.3 is 0 Å². The Balaban J connectivity index is 1.76. The minimum absolute atomic E-state index is 0.282. The number of benzene rings is 1. The summed E-state index contributed by atoms with van der Waals surface area (Å²) < 4.78 is 0. The number of amides is 1. The molecule has 3 rings (SSSR count). The van der Waals surface area contributed by atoms with E-state index in [4.69, 9.17) is 0 Å². The molecule has 2 aromatic heterocycles. The Morgan fingerprint density at radius 1 is 1.14 bits per heavy atom. The largest absolute Gasteiger partial charge is 0.348 e. The Kier molecular flexibility index (Phi) is 3.42. The number of H-pyrrole nitrogens is 1. The van der Waals surface area contributed by atoms with Crippen LogP contribution in [0.4, 0.5) is 5.69 Å². The molecular weight excluding hydrogens is 266 g/mol. The number of aromatic amines is 1. The molecule has 0 aliphatic carbocycles. The van der Waals surface area contributed by atoms with Crippen molar-refractivity contribution in [3.05, 3.63) is 60.6 Å². The van der Waals surface area contributed by atoms with Gasteiger partial charge in [0.2, 0.25) is 0 Å². The van der Waals surface area contributed by atoms with E-state index < -0.39 is 0 Å². The van der Waals surface area contributed by atoms with Crippen LogP contribution < -0.4 is 5.32 Å². The maximum Gasteiger partial charge on any atom is 0.275 e. The number of rotatable bonds is 3. The topological polar surface area (TPSA) is 83.6 Å². The summed E-state index contributed by atoms with van der Waals surface area (Å²) in [7, 11) is 0. The van der Waals surface area contributed by atoms with Crippen LogP contribution in [0, 0.1) is 6.92 Å². The van der Waals surface area contributed by atoms with Crippen LogP contribution in [0.25, 0.3) is 11.3 Å². The second-order valence-corrected chi connectivity index (χ2v) is 4.50. The fourth-order valence-corrected chi connectivity index (χ4v) is 1.97. The summed E-state index contributed by atoms with van der Waals surface area (Å²) in [6, 6.07) is 7.49. The van der Waals surface area contributed by atoms with E-state index in [0.717, 1.165) is 17.0 Å². The van der Waals surface area contributed by atoms with E-state index in [1.54, 1.807) is 6.33 Å². The monoisotopic (exact) mass is 279 g/mol. The maximum atomic E-state index is 12.0. The number of carbonyl (C=O) groups excluding carboxylic acids is 1. The molecule has 2 heterocycles. The molecule has 0 spiro atoms. The molecule has 6 heteroatoms. The summed E-state index contributed by atoms with van der Waals surface area (Å²) in [4.78, 5) is 27.1. The molecule has 0 fully saturated rings. The Morgan fingerprint density at radius 2 is 1.95 bits per heavy atom. The molecule has 1 aromatic carbocycles. The highest BCUT2D eigenvalue weighted by atomic mass is 16.1. The second kappa shape index (κ2) is 5.54. The lowest BCUT2D eigenvalue weighted by Crippen LogP contribution is -2.13. The first-order valence-corrected chi connectivity index (χ1v) is 6.42. The average molecular weight is 279 g/mol. The van der Waals surface area contributed by atoms with E-state index in [2.05, 4.69) is 25.3 Å². The van der Waals surface area contributed by atoms with Crippen molar-refractivity contribution in [1.82, 2.24) is 19.9 Å². The normalized spacial score (nSPS) is 10.3. The fraction of sp³-hybridized carbons (Fsp3) is 0.0667. The van der Waals surface area contributed by atoms with Crippen LogP contribution in [-0.4, -0.2) is 25.8 Å². The molecular formula is C15H13N5O. The van der Waals surface area contributed by atoms with Crippen LogP contribution in [0.1, 0.15) is 16.2 Å². The highest BCUT2D eigenvalue weighted by Gasteiger charge is 2.08. The highest BCUT2D eigenvalue weighted by Crippen LogP contribution is 2.21. The van der Waals surface area contributed by atoms with Crippen molar-refractivity contribution in [1.29, 1.82) is 0 Å². The Hall–Kier alpha value is -3.02. The lowest BCUT2D eigenvalue weighted by Gasteiger charge is -2.05. The van der Waals surface area contributed by atoms with Crippen LogP contribution >= 0.6 is 0 Å². The Morgan fingerprint density at radius 3 is 2.57 bits per heavy atom. The van der Waals surface area contributed by atoms with Gasteiger partial charge in [-0.15, -0.1) is 0 Å². The molecule has 3 aromatic rings. The molecule has 0 aliphatic rings. The van der Waals surface area contributed by atoms with Gasteiger partial charge in [-0.25, -0.2) is 9.97 Å². The van der Waals surface area contributed by atoms with E-state index >= 15 is 0 Å². The Labute approximate surface area is 121 Å². The summed E-state index contributed by atoms with van der Waals surface area (Å²) in [5.41, 5.74) is 3.88. The zero-order valence-electron chi connectivity index (χ0n) is 11.4. The van der Waals surface area contributed by atoms with Gasteiger partial charge < -0.3 is 10.3 Å². The van der Waals surface area contributed by atoms with Gasteiger partial charge in [0.05, 0.1) is 18.2 Å². The number of carbonyl (C=O) groups is 1. The molecule has 0 aliphatic heterocycles. The molecule has 21 heavy (non-hydrogen) atoms. The second-order valence-electron chi connectivity index (χ2n) is 4.50. The third-order valence-corrected chi connectivity index (χ3v) is 3.04. The average Bonchev–Trinajstić information content (AvgIpc) is 2.95. The summed E-state index contributed by atoms with van der Waals surface area (Å²) in [5, 5.41) is 2.78. The van der Waals surface area contributed by atoms with Gasteiger partial charge in [0.15, 0.2) is 0 Å². The molecule has 0 saturated heterocycles. The molecule has 0 radical (unpaired) electrons.